The Bertz CT molecular complexity index is 1140. The second-order valence-electron chi connectivity index (χ2n) is 8.88. The van der Waals surface area contributed by atoms with Crippen molar-refractivity contribution < 1.29 is 31.9 Å². The Kier molecular flexibility index (Phi) is 6.25. The molecule has 1 N–H and O–H groups in total. The lowest BCUT2D eigenvalue weighted by Crippen LogP contribution is -2.45. The summed E-state index contributed by atoms with van der Waals surface area (Å²) in [6.45, 7) is 1.08. The van der Waals surface area contributed by atoms with Gasteiger partial charge in [-0.15, -0.1) is 0 Å². The molecule has 2 heterocycles. The van der Waals surface area contributed by atoms with Gasteiger partial charge in [0.1, 0.15) is 11.6 Å². The van der Waals surface area contributed by atoms with Gasteiger partial charge in [-0.2, -0.15) is 18.4 Å². The molecule has 2 fully saturated rings. The zero-order valence-electron chi connectivity index (χ0n) is 18.1. The summed E-state index contributed by atoms with van der Waals surface area (Å²) in [5, 5.41) is 19.0. The minimum Gasteiger partial charge on any atom is -0.396 e. The first-order valence-corrected chi connectivity index (χ1v) is 10.8. The number of carbonyl (C=O) groups is 1. The van der Waals surface area contributed by atoms with Crippen molar-refractivity contribution >= 4 is 11.6 Å². The summed E-state index contributed by atoms with van der Waals surface area (Å²) in [7, 11) is 0. The molecule has 4 rings (SSSR count). The molecule has 1 unspecified atom stereocenters. The number of alkyl halides is 3. The summed E-state index contributed by atoms with van der Waals surface area (Å²) >= 11 is 0. The third-order valence-corrected chi connectivity index (χ3v) is 7.04. The SMILES string of the molecule is N#Cc1ccc(N2CCC3(CC2)CN(C(=O)c2ccc(F)cc2F)CC3CO)cc1C(F)(F)F. The molecule has 2 aliphatic rings. The molecule has 0 aromatic heterocycles. The fourth-order valence-electron chi connectivity index (χ4n) is 5.11. The van der Waals surface area contributed by atoms with Crippen LogP contribution in [-0.2, 0) is 6.18 Å². The lowest BCUT2D eigenvalue weighted by Gasteiger charge is -2.43. The van der Waals surface area contributed by atoms with Gasteiger partial charge >= 0.3 is 6.18 Å². The van der Waals surface area contributed by atoms with Crippen molar-refractivity contribution in [2.75, 3.05) is 37.7 Å². The predicted octanol–water partition coefficient (Wildman–Crippen LogP) is 4.21. The topological polar surface area (TPSA) is 67.6 Å². The molecule has 0 saturated carbocycles. The molecule has 180 valence electrons. The average molecular weight is 479 g/mol. The average Bonchev–Trinajstić information content (AvgIpc) is 3.16. The maximum atomic E-state index is 14.1. The van der Waals surface area contributed by atoms with Crippen LogP contribution in [0.1, 0.15) is 34.3 Å². The van der Waals surface area contributed by atoms with Crippen molar-refractivity contribution in [1.82, 2.24) is 4.90 Å². The van der Waals surface area contributed by atoms with Gasteiger partial charge in [0.2, 0.25) is 0 Å². The second-order valence-corrected chi connectivity index (χ2v) is 8.88. The first-order chi connectivity index (χ1) is 16.1. The molecular formula is C24H22F5N3O2. The third-order valence-electron chi connectivity index (χ3n) is 7.04. The first kappa shape index (κ1) is 24.0. The van der Waals surface area contributed by atoms with E-state index in [1.54, 1.807) is 11.0 Å². The molecule has 1 spiro atoms. The van der Waals surface area contributed by atoms with Crippen molar-refractivity contribution in [3.05, 3.63) is 64.7 Å². The van der Waals surface area contributed by atoms with Crippen LogP contribution in [-0.4, -0.2) is 48.7 Å². The second kappa shape index (κ2) is 8.87. The highest BCUT2D eigenvalue weighted by Crippen LogP contribution is 2.46. The van der Waals surface area contributed by atoms with Crippen LogP contribution in [0.4, 0.5) is 27.6 Å². The van der Waals surface area contributed by atoms with E-state index in [0.717, 1.165) is 24.3 Å². The van der Waals surface area contributed by atoms with Gasteiger partial charge in [-0.1, -0.05) is 0 Å². The van der Waals surface area contributed by atoms with E-state index < -0.39 is 40.3 Å². The Hall–Kier alpha value is -3.19. The van der Waals surface area contributed by atoms with Gasteiger partial charge in [0, 0.05) is 50.5 Å². The van der Waals surface area contributed by atoms with Gasteiger partial charge in [0.05, 0.1) is 22.8 Å². The fourth-order valence-corrected chi connectivity index (χ4v) is 5.11. The molecule has 0 aliphatic carbocycles. The number of anilines is 1. The Morgan fingerprint density at radius 2 is 1.85 bits per heavy atom. The molecule has 2 aromatic carbocycles. The molecular weight excluding hydrogens is 457 g/mol. The molecule has 1 atom stereocenters. The third kappa shape index (κ3) is 4.32. The number of hydrogen-bond acceptors (Lipinski definition) is 4. The van der Waals surface area contributed by atoms with Gasteiger partial charge < -0.3 is 14.9 Å². The highest BCUT2D eigenvalue weighted by Gasteiger charge is 2.49. The summed E-state index contributed by atoms with van der Waals surface area (Å²) in [4.78, 5) is 16.1. The molecule has 2 aliphatic heterocycles. The number of piperidine rings is 1. The number of amides is 1. The Labute approximate surface area is 193 Å². The molecule has 0 bridgehead atoms. The van der Waals surface area contributed by atoms with Gasteiger partial charge in [-0.25, -0.2) is 8.78 Å². The quantitative estimate of drug-likeness (QED) is 0.670. The molecule has 0 radical (unpaired) electrons. The lowest BCUT2D eigenvalue weighted by molar-refractivity contribution is -0.137. The van der Waals surface area contributed by atoms with Gasteiger partial charge in [-0.05, 0) is 48.6 Å². The number of aliphatic hydroxyl groups is 1. The molecule has 10 heteroatoms. The first-order valence-electron chi connectivity index (χ1n) is 10.8. The monoisotopic (exact) mass is 479 g/mol. The number of halogens is 5. The largest absolute Gasteiger partial charge is 0.417 e. The van der Waals surface area contributed by atoms with Crippen molar-refractivity contribution in [1.29, 1.82) is 5.26 Å². The van der Waals surface area contributed by atoms with Crippen LogP contribution in [0.25, 0.3) is 0 Å². The van der Waals surface area contributed by atoms with Crippen molar-refractivity contribution in [3.8, 4) is 6.07 Å². The van der Waals surface area contributed by atoms with Crippen LogP contribution in [0, 0.1) is 34.3 Å². The van der Waals surface area contributed by atoms with E-state index in [1.807, 2.05) is 0 Å². The molecule has 2 aromatic rings. The van der Waals surface area contributed by atoms with E-state index in [9.17, 15) is 31.9 Å². The maximum absolute atomic E-state index is 14.1. The number of nitriles is 1. The highest BCUT2D eigenvalue weighted by molar-refractivity contribution is 5.94. The summed E-state index contributed by atoms with van der Waals surface area (Å²) in [6, 6.07) is 7.94. The predicted molar refractivity (Wildman–Crippen MR) is 113 cm³/mol. The van der Waals surface area contributed by atoms with Crippen molar-refractivity contribution in [2.24, 2.45) is 11.3 Å². The van der Waals surface area contributed by atoms with E-state index in [2.05, 4.69) is 0 Å². The summed E-state index contributed by atoms with van der Waals surface area (Å²) in [6.07, 6.45) is -3.63. The van der Waals surface area contributed by atoms with Crippen molar-refractivity contribution in [2.45, 2.75) is 19.0 Å². The zero-order valence-corrected chi connectivity index (χ0v) is 18.1. The Balaban J connectivity index is 1.51. The van der Waals surface area contributed by atoms with E-state index in [0.29, 0.717) is 37.7 Å². The normalized spacial score (nSPS) is 20.0. The Morgan fingerprint density at radius 1 is 1.15 bits per heavy atom. The van der Waals surface area contributed by atoms with Crippen LogP contribution in [0.15, 0.2) is 36.4 Å². The van der Waals surface area contributed by atoms with Crippen LogP contribution >= 0.6 is 0 Å². The number of carbonyl (C=O) groups excluding carboxylic acids is 1. The van der Waals surface area contributed by atoms with Crippen molar-refractivity contribution in [3.63, 3.8) is 0 Å². The number of nitrogens with zero attached hydrogens (tertiary/aromatic N) is 3. The summed E-state index contributed by atoms with van der Waals surface area (Å²) in [5.74, 6) is -2.60. The summed E-state index contributed by atoms with van der Waals surface area (Å²) < 4.78 is 67.4. The lowest BCUT2D eigenvalue weighted by atomic mass is 9.71. The van der Waals surface area contributed by atoms with Crippen LogP contribution in [0.5, 0.6) is 0 Å². The van der Waals surface area contributed by atoms with E-state index >= 15 is 0 Å². The number of aliphatic hydroxyl groups excluding tert-OH is 1. The number of hydrogen-bond donors (Lipinski definition) is 1. The van der Waals surface area contributed by atoms with E-state index in [-0.39, 0.29) is 31.2 Å². The van der Waals surface area contributed by atoms with Gasteiger partial charge in [-0.3, -0.25) is 4.79 Å². The number of likely N-dealkylation sites (tertiary alicyclic amines) is 1. The van der Waals surface area contributed by atoms with Gasteiger partial charge in [0.25, 0.3) is 5.91 Å². The van der Waals surface area contributed by atoms with Crippen LogP contribution in [0.2, 0.25) is 0 Å². The number of benzene rings is 2. The smallest absolute Gasteiger partial charge is 0.396 e. The summed E-state index contributed by atoms with van der Waals surface area (Å²) in [5.41, 5.74) is -1.79. The van der Waals surface area contributed by atoms with Gasteiger partial charge in [0.15, 0.2) is 0 Å². The number of rotatable bonds is 3. The maximum Gasteiger partial charge on any atom is 0.417 e. The molecule has 34 heavy (non-hydrogen) atoms. The minimum atomic E-state index is -4.65. The molecule has 5 nitrogen and oxygen atoms in total. The fraction of sp³-hybridized carbons (Fsp3) is 0.417. The van der Waals surface area contributed by atoms with Crippen LogP contribution < -0.4 is 4.90 Å². The molecule has 2 saturated heterocycles. The molecule has 1 amide bonds. The standard InChI is InChI=1S/C24H22F5N3O2/c25-17-2-4-19(21(26)9-17)22(34)32-12-16(13-33)23(14-32)5-7-31(8-6-23)18-3-1-15(11-30)20(10-18)24(27,28)29/h1-4,9-10,16,33H,5-8,12-14H2. The highest BCUT2D eigenvalue weighted by atomic mass is 19.4. The zero-order chi connectivity index (χ0) is 24.7. The Morgan fingerprint density at radius 3 is 2.44 bits per heavy atom. The van der Waals surface area contributed by atoms with Crippen LogP contribution in [0.3, 0.4) is 0 Å². The van der Waals surface area contributed by atoms with E-state index in [4.69, 9.17) is 5.26 Å². The van der Waals surface area contributed by atoms with E-state index in [1.165, 1.54) is 11.0 Å². The minimum absolute atomic E-state index is 0.190.